The molecule has 0 aliphatic heterocycles. The summed E-state index contributed by atoms with van der Waals surface area (Å²) in [6, 6.07) is 4.02. The Hall–Kier alpha value is -1.67. The van der Waals surface area contributed by atoms with E-state index in [1.165, 1.54) is 4.90 Å². The molecule has 21 heavy (non-hydrogen) atoms. The van der Waals surface area contributed by atoms with Gasteiger partial charge in [0.2, 0.25) is 0 Å². The quantitative estimate of drug-likeness (QED) is 0.321. The standard InChI is InChI=1S/C13H22N4O3S/c1-14-13(9-17(18)19)15-6-7-21-10-12-5-4-11(20-12)8-16(2)3/h4-5,9,14-15H,6-8,10H2,1-3H3/p+1/b13-9+. The van der Waals surface area contributed by atoms with Crippen LogP contribution in [-0.4, -0.2) is 38.4 Å². The minimum Gasteiger partial charge on any atom is -0.459 e. The van der Waals surface area contributed by atoms with E-state index in [1.54, 1.807) is 18.8 Å². The summed E-state index contributed by atoms with van der Waals surface area (Å²) >= 11 is 1.72. The summed E-state index contributed by atoms with van der Waals surface area (Å²) in [6.45, 7) is 1.53. The predicted octanol–water partition coefficient (Wildman–Crippen LogP) is 0.0419. The molecule has 0 aliphatic carbocycles. The van der Waals surface area contributed by atoms with E-state index >= 15 is 0 Å². The van der Waals surface area contributed by atoms with E-state index in [9.17, 15) is 10.1 Å². The number of thioether (sulfide) groups is 1. The lowest BCUT2D eigenvalue weighted by Gasteiger charge is -2.07. The molecule has 0 amide bonds. The van der Waals surface area contributed by atoms with E-state index in [4.69, 9.17) is 4.42 Å². The first-order valence-electron chi connectivity index (χ1n) is 6.72. The van der Waals surface area contributed by atoms with Crippen molar-refractivity contribution in [2.75, 3.05) is 33.4 Å². The second kappa shape index (κ2) is 9.30. The minimum atomic E-state index is -0.483. The van der Waals surface area contributed by atoms with Crippen LogP contribution in [0.15, 0.2) is 28.6 Å². The van der Waals surface area contributed by atoms with Crippen LogP contribution in [0.4, 0.5) is 0 Å². The number of quaternary nitrogens is 1. The van der Waals surface area contributed by atoms with Gasteiger partial charge in [0.1, 0.15) is 12.3 Å². The van der Waals surface area contributed by atoms with Crippen LogP contribution in [0.2, 0.25) is 0 Å². The van der Waals surface area contributed by atoms with Gasteiger partial charge in [-0.05, 0) is 12.1 Å². The van der Waals surface area contributed by atoms with Crippen molar-refractivity contribution in [3.05, 3.63) is 45.8 Å². The average Bonchev–Trinajstić information content (AvgIpc) is 2.83. The van der Waals surface area contributed by atoms with Gasteiger partial charge in [0, 0.05) is 19.3 Å². The third-order valence-electron chi connectivity index (χ3n) is 2.56. The first-order chi connectivity index (χ1) is 10.0. The maximum absolute atomic E-state index is 10.4. The molecule has 0 saturated carbocycles. The van der Waals surface area contributed by atoms with Gasteiger partial charge in [-0.2, -0.15) is 11.8 Å². The highest BCUT2D eigenvalue weighted by molar-refractivity contribution is 7.98. The van der Waals surface area contributed by atoms with E-state index in [0.29, 0.717) is 12.4 Å². The summed E-state index contributed by atoms with van der Waals surface area (Å²) in [6.07, 6.45) is 0.924. The molecule has 0 radical (unpaired) electrons. The van der Waals surface area contributed by atoms with E-state index in [2.05, 4.69) is 24.7 Å². The fourth-order valence-corrected chi connectivity index (χ4v) is 2.43. The second-order valence-corrected chi connectivity index (χ2v) is 5.91. The number of nitrogens with one attached hydrogen (secondary N) is 3. The number of hydrogen-bond acceptors (Lipinski definition) is 6. The fraction of sp³-hybridized carbons (Fsp3) is 0.538. The van der Waals surface area contributed by atoms with Crippen molar-refractivity contribution in [3.8, 4) is 0 Å². The van der Waals surface area contributed by atoms with Crippen LogP contribution in [0, 0.1) is 10.1 Å². The number of hydrogen-bond donors (Lipinski definition) is 3. The molecule has 7 nitrogen and oxygen atoms in total. The highest BCUT2D eigenvalue weighted by atomic mass is 32.2. The number of furan rings is 1. The zero-order valence-corrected chi connectivity index (χ0v) is 13.5. The molecule has 0 fully saturated rings. The largest absolute Gasteiger partial charge is 0.459 e. The first-order valence-corrected chi connectivity index (χ1v) is 7.88. The van der Waals surface area contributed by atoms with Crippen LogP contribution >= 0.6 is 11.8 Å². The predicted molar refractivity (Wildman–Crippen MR) is 83.5 cm³/mol. The summed E-state index contributed by atoms with van der Waals surface area (Å²) in [4.78, 5) is 11.2. The Labute approximate surface area is 128 Å². The lowest BCUT2D eigenvalue weighted by Crippen LogP contribution is -3.04. The van der Waals surface area contributed by atoms with Gasteiger partial charge in [0.05, 0.1) is 24.8 Å². The van der Waals surface area contributed by atoms with Crippen molar-refractivity contribution in [3.63, 3.8) is 0 Å². The zero-order valence-electron chi connectivity index (χ0n) is 12.6. The molecule has 1 aromatic rings. The molecule has 0 aromatic carbocycles. The maximum Gasteiger partial charge on any atom is 0.274 e. The molecule has 118 valence electrons. The average molecular weight is 315 g/mol. The third kappa shape index (κ3) is 7.62. The van der Waals surface area contributed by atoms with Gasteiger partial charge in [0.25, 0.3) is 6.20 Å². The van der Waals surface area contributed by atoms with Crippen LogP contribution in [0.25, 0.3) is 0 Å². The van der Waals surface area contributed by atoms with Gasteiger partial charge in [-0.1, -0.05) is 0 Å². The van der Waals surface area contributed by atoms with Gasteiger partial charge in [0.15, 0.2) is 11.6 Å². The topological polar surface area (TPSA) is 84.8 Å². The Balaban J connectivity index is 2.22. The highest BCUT2D eigenvalue weighted by Crippen LogP contribution is 2.14. The lowest BCUT2D eigenvalue weighted by molar-refractivity contribution is -0.873. The first kappa shape index (κ1) is 17.4. The molecule has 0 spiro atoms. The monoisotopic (exact) mass is 315 g/mol. The Morgan fingerprint density at radius 1 is 1.48 bits per heavy atom. The van der Waals surface area contributed by atoms with Crippen molar-refractivity contribution in [2.24, 2.45) is 0 Å². The molecular weight excluding hydrogens is 292 g/mol. The Kier molecular flexibility index (Phi) is 7.70. The zero-order chi connectivity index (χ0) is 15.7. The molecule has 0 bridgehead atoms. The Morgan fingerprint density at radius 2 is 2.19 bits per heavy atom. The van der Waals surface area contributed by atoms with E-state index in [0.717, 1.165) is 35.8 Å². The van der Waals surface area contributed by atoms with Crippen LogP contribution in [0.3, 0.4) is 0 Å². The molecule has 3 N–H and O–H groups in total. The molecule has 8 heteroatoms. The number of nitrogens with zero attached hydrogens (tertiary/aromatic N) is 1. The van der Waals surface area contributed by atoms with E-state index in [1.807, 2.05) is 12.1 Å². The van der Waals surface area contributed by atoms with Crippen molar-refractivity contribution in [1.29, 1.82) is 0 Å². The Morgan fingerprint density at radius 3 is 2.81 bits per heavy atom. The molecule has 0 aliphatic rings. The summed E-state index contributed by atoms with van der Waals surface area (Å²) < 4.78 is 5.72. The minimum absolute atomic E-state index is 0.412. The van der Waals surface area contributed by atoms with Gasteiger partial charge >= 0.3 is 0 Å². The van der Waals surface area contributed by atoms with Crippen LogP contribution < -0.4 is 15.5 Å². The van der Waals surface area contributed by atoms with Crippen molar-refractivity contribution < 1.29 is 14.2 Å². The molecule has 0 unspecified atom stereocenters. The summed E-state index contributed by atoms with van der Waals surface area (Å²) in [5.41, 5.74) is 0. The number of rotatable bonds is 10. The van der Waals surface area contributed by atoms with E-state index in [-0.39, 0.29) is 0 Å². The second-order valence-electron chi connectivity index (χ2n) is 4.81. The molecule has 1 rings (SSSR count). The van der Waals surface area contributed by atoms with Crippen LogP contribution in [-0.2, 0) is 12.3 Å². The maximum atomic E-state index is 10.4. The van der Waals surface area contributed by atoms with Gasteiger partial charge in [-0.3, -0.25) is 10.1 Å². The van der Waals surface area contributed by atoms with Gasteiger partial charge in [-0.15, -0.1) is 0 Å². The fourth-order valence-electron chi connectivity index (χ4n) is 1.68. The van der Waals surface area contributed by atoms with Crippen molar-refractivity contribution >= 4 is 11.8 Å². The summed E-state index contributed by atoms with van der Waals surface area (Å²) in [7, 11) is 5.81. The normalized spacial score (nSPS) is 11.7. The van der Waals surface area contributed by atoms with Crippen LogP contribution in [0.1, 0.15) is 11.5 Å². The van der Waals surface area contributed by atoms with Gasteiger partial charge < -0.3 is 20.0 Å². The van der Waals surface area contributed by atoms with Crippen LogP contribution in [0.5, 0.6) is 0 Å². The smallest absolute Gasteiger partial charge is 0.274 e. The molecule has 0 saturated heterocycles. The summed E-state index contributed by atoms with van der Waals surface area (Å²) in [5.74, 6) is 4.01. The van der Waals surface area contributed by atoms with Crippen molar-refractivity contribution in [1.82, 2.24) is 10.6 Å². The molecule has 1 heterocycles. The molecule has 0 atom stereocenters. The lowest BCUT2D eigenvalue weighted by atomic mass is 10.4. The molecule has 1 aromatic heterocycles. The Bertz CT molecular complexity index is 474. The number of nitro groups is 1. The highest BCUT2D eigenvalue weighted by Gasteiger charge is 2.05. The van der Waals surface area contributed by atoms with E-state index < -0.39 is 4.92 Å². The SMILES string of the molecule is CN/C(=C\[N+](=O)[O-])NCCSCc1ccc(C[NH+](C)C)o1. The van der Waals surface area contributed by atoms with Crippen molar-refractivity contribution in [2.45, 2.75) is 12.3 Å². The third-order valence-corrected chi connectivity index (χ3v) is 3.54. The van der Waals surface area contributed by atoms with Gasteiger partial charge in [-0.25, -0.2) is 0 Å². The molecular formula is C13H23N4O3S+. The summed E-state index contributed by atoms with van der Waals surface area (Å²) in [5, 5.41) is 16.1.